The molecule has 2 N–H and O–H groups in total. The lowest BCUT2D eigenvalue weighted by atomic mass is 10.0. The molecule has 2 amide bonds. The molecule has 0 heterocycles. The Kier molecular flexibility index (Phi) is 6.38. The number of anilines is 1. The van der Waals surface area contributed by atoms with E-state index in [0.29, 0.717) is 5.69 Å². The molecule has 150 valence electrons. The second-order valence-corrected chi connectivity index (χ2v) is 7.51. The Labute approximate surface area is 163 Å². The quantitative estimate of drug-likeness (QED) is 0.789. The Balaban J connectivity index is 2.35. The maximum atomic E-state index is 13.7. The maximum absolute atomic E-state index is 13.7. The zero-order valence-corrected chi connectivity index (χ0v) is 16.5. The van der Waals surface area contributed by atoms with E-state index in [1.54, 1.807) is 20.8 Å². The van der Waals surface area contributed by atoms with E-state index in [9.17, 15) is 18.4 Å². The number of carbonyl (C=O) groups is 2. The molecule has 0 radical (unpaired) electrons. The van der Waals surface area contributed by atoms with Crippen LogP contribution in [-0.2, 0) is 9.53 Å². The normalized spacial score (nSPS) is 12.2. The summed E-state index contributed by atoms with van der Waals surface area (Å²) in [5.41, 5.74) is 1.55. The van der Waals surface area contributed by atoms with Crippen LogP contribution in [0.25, 0.3) is 0 Å². The summed E-state index contributed by atoms with van der Waals surface area (Å²) < 4.78 is 32.2. The summed E-state index contributed by atoms with van der Waals surface area (Å²) in [6, 6.07) is 7.26. The van der Waals surface area contributed by atoms with E-state index >= 15 is 0 Å². The molecule has 1 atom stereocenters. The highest BCUT2D eigenvalue weighted by Gasteiger charge is 2.27. The van der Waals surface area contributed by atoms with E-state index in [4.69, 9.17) is 4.74 Å². The molecular weight excluding hydrogens is 366 g/mol. The minimum absolute atomic E-state index is 0.0912. The summed E-state index contributed by atoms with van der Waals surface area (Å²) in [4.78, 5) is 25.1. The number of aryl methyl sites for hydroxylation is 2. The van der Waals surface area contributed by atoms with Gasteiger partial charge in [0.05, 0.1) is 0 Å². The highest BCUT2D eigenvalue weighted by Crippen LogP contribution is 2.23. The molecule has 0 aliphatic heterocycles. The predicted octanol–water partition coefficient (Wildman–Crippen LogP) is 4.79. The molecule has 5 nitrogen and oxygen atoms in total. The fraction of sp³-hybridized carbons (Fsp3) is 0.333. The molecule has 2 rings (SSSR count). The molecule has 28 heavy (non-hydrogen) atoms. The average Bonchev–Trinajstić information content (AvgIpc) is 2.57. The van der Waals surface area contributed by atoms with Crippen LogP contribution in [0.1, 0.15) is 43.5 Å². The fourth-order valence-electron chi connectivity index (χ4n) is 2.62. The zero-order chi connectivity index (χ0) is 21.1. The standard InChI is InChI=1S/C21H24F2N2O3/c1-12-7-6-8-13(2)17(12)24-19(26)18(25-20(27)28-21(3,4)5)14-9-10-15(22)16(23)11-14/h6-11,18H,1-5H3,(H,24,26)(H,25,27). The third-order valence-electron chi connectivity index (χ3n) is 3.93. The molecule has 0 spiro atoms. The van der Waals surface area contributed by atoms with Crippen LogP contribution in [0.15, 0.2) is 36.4 Å². The van der Waals surface area contributed by atoms with Gasteiger partial charge in [0.15, 0.2) is 11.6 Å². The minimum atomic E-state index is -1.27. The summed E-state index contributed by atoms with van der Waals surface area (Å²) in [5, 5.41) is 5.19. The number of hydrogen-bond donors (Lipinski definition) is 2. The van der Waals surface area contributed by atoms with Crippen LogP contribution < -0.4 is 10.6 Å². The van der Waals surface area contributed by atoms with Crippen LogP contribution in [-0.4, -0.2) is 17.6 Å². The molecular formula is C21H24F2N2O3. The molecule has 1 unspecified atom stereocenters. The number of alkyl carbamates (subject to hydrolysis) is 1. The second-order valence-electron chi connectivity index (χ2n) is 7.51. The van der Waals surface area contributed by atoms with E-state index in [2.05, 4.69) is 10.6 Å². The number of rotatable bonds is 4. The van der Waals surface area contributed by atoms with E-state index in [1.165, 1.54) is 6.07 Å². The van der Waals surface area contributed by atoms with Crippen molar-refractivity contribution in [2.45, 2.75) is 46.3 Å². The Bertz CT molecular complexity index is 871. The third kappa shape index (κ3) is 5.52. The van der Waals surface area contributed by atoms with Crippen molar-refractivity contribution in [3.8, 4) is 0 Å². The summed E-state index contributed by atoms with van der Waals surface area (Å²) in [6.07, 6.45) is -0.848. The first-order chi connectivity index (χ1) is 13.0. The van der Waals surface area contributed by atoms with Gasteiger partial charge in [-0.3, -0.25) is 4.79 Å². The highest BCUT2D eigenvalue weighted by atomic mass is 19.2. The largest absolute Gasteiger partial charge is 0.444 e. The van der Waals surface area contributed by atoms with Gasteiger partial charge in [0.2, 0.25) is 0 Å². The predicted molar refractivity (Wildman–Crippen MR) is 103 cm³/mol. The Morgan fingerprint density at radius 3 is 2.14 bits per heavy atom. The van der Waals surface area contributed by atoms with E-state index in [-0.39, 0.29) is 5.56 Å². The molecule has 2 aromatic rings. The summed E-state index contributed by atoms with van der Waals surface area (Å²) in [7, 11) is 0. The van der Waals surface area contributed by atoms with Crippen molar-refractivity contribution in [1.82, 2.24) is 5.32 Å². The first kappa shape index (κ1) is 21.3. The van der Waals surface area contributed by atoms with Crippen molar-refractivity contribution in [1.29, 1.82) is 0 Å². The topological polar surface area (TPSA) is 67.4 Å². The van der Waals surface area contributed by atoms with Crippen molar-refractivity contribution in [2.24, 2.45) is 0 Å². The van der Waals surface area contributed by atoms with Gasteiger partial charge in [-0.2, -0.15) is 0 Å². The minimum Gasteiger partial charge on any atom is -0.444 e. The molecule has 7 heteroatoms. The van der Waals surface area contributed by atoms with Crippen LogP contribution in [0.5, 0.6) is 0 Å². The first-order valence-electron chi connectivity index (χ1n) is 8.79. The summed E-state index contributed by atoms with van der Waals surface area (Å²) in [5.74, 6) is -2.77. The molecule has 0 aliphatic carbocycles. The number of nitrogens with one attached hydrogen (secondary N) is 2. The van der Waals surface area contributed by atoms with E-state index < -0.39 is 35.3 Å². The molecule has 0 aliphatic rings. The van der Waals surface area contributed by atoms with Gasteiger partial charge in [-0.25, -0.2) is 13.6 Å². The molecule has 2 aromatic carbocycles. The fourth-order valence-corrected chi connectivity index (χ4v) is 2.62. The first-order valence-corrected chi connectivity index (χ1v) is 8.79. The molecule has 0 saturated heterocycles. The number of halogens is 2. The van der Waals surface area contributed by atoms with Crippen LogP contribution in [0.2, 0.25) is 0 Å². The van der Waals surface area contributed by atoms with Crippen molar-refractivity contribution in [3.05, 3.63) is 64.7 Å². The SMILES string of the molecule is Cc1cccc(C)c1NC(=O)C(NC(=O)OC(C)(C)C)c1ccc(F)c(F)c1. The Morgan fingerprint density at radius 1 is 1.00 bits per heavy atom. The van der Waals surface area contributed by atoms with Crippen LogP contribution >= 0.6 is 0 Å². The second kappa shape index (κ2) is 8.37. The number of ether oxygens (including phenoxy) is 1. The van der Waals surface area contributed by atoms with E-state index in [0.717, 1.165) is 23.3 Å². The number of para-hydroxylation sites is 1. The van der Waals surface area contributed by atoms with Gasteiger partial charge in [-0.1, -0.05) is 24.3 Å². The van der Waals surface area contributed by atoms with Crippen molar-refractivity contribution in [3.63, 3.8) is 0 Å². The number of carbonyl (C=O) groups excluding carboxylic acids is 2. The Morgan fingerprint density at radius 2 is 1.61 bits per heavy atom. The lowest BCUT2D eigenvalue weighted by Gasteiger charge is -2.24. The average molecular weight is 390 g/mol. The third-order valence-corrected chi connectivity index (χ3v) is 3.93. The highest BCUT2D eigenvalue weighted by molar-refractivity contribution is 5.98. The molecule has 0 aromatic heterocycles. The number of hydrogen-bond acceptors (Lipinski definition) is 3. The van der Waals surface area contributed by atoms with Crippen molar-refractivity contribution in [2.75, 3.05) is 5.32 Å². The van der Waals surface area contributed by atoms with Gasteiger partial charge >= 0.3 is 6.09 Å². The van der Waals surface area contributed by atoms with Gasteiger partial charge in [0.1, 0.15) is 11.6 Å². The van der Waals surface area contributed by atoms with Gasteiger partial charge in [-0.05, 0) is 63.4 Å². The van der Waals surface area contributed by atoms with Crippen LogP contribution in [0, 0.1) is 25.5 Å². The molecule has 0 bridgehead atoms. The van der Waals surface area contributed by atoms with Gasteiger partial charge in [0, 0.05) is 5.69 Å². The zero-order valence-electron chi connectivity index (χ0n) is 16.5. The number of benzene rings is 2. The molecule has 0 fully saturated rings. The van der Waals surface area contributed by atoms with Gasteiger partial charge in [0.25, 0.3) is 5.91 Å². The van der Waals surface area contributed by atoms with Gasteiger partial charge in [-0.15, -0.1) is 0 Å². The van der Waals surface area contributed by atoms with Crippen molar-refractivity contribution < 1.29 is 23.1 Å². The van der Waals surface area contributed by atoms with Crippen LogP contribution in [0.4, 0.5) is 19.3 Å². The Hall–Kier alpha value is -2.96. The summed E-state index contributed by atoms with van der Waals surface area (Å²) in [6.45, 7) is 8.69. The van der Waals surface area contributed by atoms with Crippen molar-refractivity contribution >= 4 is 17.7 Å². The van der Waals surface area contributed by atoms with Gasteiger partial charge < -0.3 is 15.4 Å². The maximum Gasteiger partial charge on any atom is 0.408 e. The smallest absolute Gasteiger partial charge is 0.408 e. The monoisotopic (exact) mass is 390 g/mol. The number of amides is 2. The molecule has 0 saturated carbocycles. The lowest BCUT2D eigenvalue weighted by Crippen LogP contribution is -2.40. The lowest BCUT2D eigenvalue weighted by molar-refractivity contribution is -0.118. The van der Waals surface area contributed by atoms with E-state index in [1.807, 2.05) is 32.0 Å². The van der Waals surface area contributed by atoms with Crippen LogP contribution in [0.3, 0.4) is 0 Å². The summed E-state index contributed by atoms with van der Waals surface area (Å²) >= 11 is 0.